The molecule has 25 heavy (non-hydrogen) atoms. The van der Waals surface area contributed by atoms with Crippen LogP contribution in [0.25, 0.3) is 0 Å². The maximum atomic E-state index is 12.8. The first-order chi connectivity index (χ1) is 11.1. The van der Waals surface area contributed by atoms with Crippen LogP contribution in [0.15, 0.2) is 12.4 Å². The van der Waals surface area contributed by atoms with Crippen molar-refractivity contribution in [3.05, 3.63) is 18.2 Å². The molecule has 2 saturated heterocycles. The van der Waals surface area contributed by atoms with E-state index in [4.69, 9.17) is 4.74 Å². The summed E-state index contributed by atoms with van der Waals surface area (Å²) in [6.45, 7) is 1.99. The van der Waals surface area contributed by atoms with Crippen LogP contribution in [-0.2, 0) is 16.1 Å². The number of piperazine rings is 1. The summed E-state index contributed by atoms with van der Waals surface area (Å²) in [6, 6.07) is -0.270. The lowest BCUT2D eigenvalue weighted by Gasteiger charge is -2.37. The van der Waals surface area contributed by atoms with Gasteiger partial charge >= 0.3 is 6.55 Å². The number of carbonyl (C=O) groups excluding carboxylic acids is 1. The molecule has 1 aromatic heterocycles. The average Bonchev–Trinajstić information content (AvgIpc) is 3.04. The lowest BCUT2D eigenvalue weighted by atomic mass is 10.2. The van der Waals surface area contributed by atoms with Crippen LogP contribution in [0.2, 0.25) is 0 Å². The zero-order chi connectivity index (χ0) is 16.2. The summed E-state index contributed by atoms with van der Waals surface area (Å²) in [5.74, 6) is 0.403. The molecule has 1 N–H and O–H groups in total. The van der Waals surface area contributed by atoms with E-state index < -0.39 is 6.55 Å². The quantitative estimate of drug-likeness (QED) is 0.806. The van der Waals surface area contributed by atoms with E-state index in [2.05, 4.69) is 10.3 Å². The minimum absolute atomic E-state index is 0. The van der Waals surface area contributed by atoms with Gasteiger partial charge in [-0.3, -0.25) is 14.3 Å². The Bertz CT molecular complexity index is 535. The number of carbonyl (C=O) groups is 1. The third kappa shape index (κ3) is 5.49. The van der Waals surface area contributed by atoms with E-state index in [0.717, 1.165) is 4.57 Å². The van der Waals surface area contributed by atoms with E-state index in [0.29, 0.717) is 58.3 Å². The number of imidazole rings is 1. The van der Waals surface area contributed by atoms with Crippen LogP contribution in [-0.4, -0.2) is 77.2 Å². The van der Waals surface area contributed by atoms with Gasteiger partial charge in [0.25, 0.3) is 0 Å². The second-order valence-corrected chi connectivity index (χ2v) is 5.71. The van der Waals surface area contributed by atoms with Crippen molar-refractivity contribution in [1.82, 2.24) is 24.7 Å². The molecule has 3 heterocycles. The summed E-state index contributed by atoms with van der Waals surface area (Å²) in [6.07, 6.45) is 2.67. The summed E-state index contributed by atoms with van der Waals surface area (Å²) in [7, 11) is 0. The largest absolute Gasteiger partial charge is 0.378 e. The molecule has 144 valence electrons. The van der Waals surface area contributed by atoms with Crippen LogP contribution >= 0.6 is 24.8 Å². The van der Waals surface area contributed by atoms with Crippen molar-refractivity contribution in [2.75, 3.05) is 45.9 Å². The van der Waals surface area contributed by atoms with E-state index in [1.54, 1.807) is 0 Å². The fourth-order valence-electron chi connectivity index (χ4n) is 2.91. The van der Waals surface area contributed by atoms with Gasteiger partial charge in [0.15, 0.2) is 0 Å². The number of nitrogens with one attached hydrogen (secondary N) is 1. The normalized spacial score (nSPS) is 21.6. The van der Waals surface area contributed by atoms with Gasteiger partial charge in [-0.2, -0.15) is 8.78 Å². The van der Waals surface area contributed by atoms with Gasteiger partial charge in [-0.05, 0) is 0 Å². The van der Waals surface area contributed by atoms with Crippen LogP contribution in [0.5, 0.6) is 0 Å². The van der Waals surface area contributed by atoms with Gasteiger partial charge in [-0.1, -0.05) is 0 Å². The summed E-state index contributed by atoms with van der Waals surface area (Å²) in [5, 5.41) is 3.16. The van der Waals surface area contributed by atoms with Gasteiger partial charge < -0.3 is 15.0 Å². The van der Waals surface area contributed by atoms with E-state index in [-0.39, 0.29) is 36.8 Å². The Morgan fingerprint density at radius 1 is 1.32 bits per heavy atom. The number of rotatable bonds is 4. The van der Waals surface area contributed by atoms with Crippen molar-refractivity contribution in [3.63, 3.8) is 0 Å². The number of amides is 1. The maximum Gasteiger partial charge on any atom is 0.319 e. The molecular weight excluding hydrogens is 379 g/mol. The van der Waals surface area contributed by atoms with Crippen LogP contribution in [0.4, 0.5) is 8.78 Å². The monoisotopic (exact) mass is 401 g/mol. The smallest absolute Gasteiger partial charge is 0.319 e. The Hall–Kier alpha value is -1.00. The second-order valence-electron chi connectivity index (χ2n) is 5.71. The number of hydrogen-bond acceptors (Lipinski definition) is 5. The van der Waals surface area contributed by atoms with Gasteiger partial charge in [0.05, 0.1) is 19.8 Å². The Kier molecular flexibility index (Phi) is 9.01. The highest BCUT2D eigenvalue weighted by atomic mass is 35.5. The minimum atomic E-state index is -2.58. The lowest BCUT2D eigenvalue weighted by Crippen LogP contribution is -2.57. The predicted molar refractivity (Wildman–Crippen MR) is 92.4 cm³/mol. The number of alkyl halides is 2. The third-order valence-electron chi connectivity index (χ3n) is 4.23. The van der Waals surface area contributed by atoms with E-state index >= 15 is 0 Å². The van der Waals surface area contributed by atoms with Crippen LogP contribution in [0, 0.1) is 0 Å². The first-order valence-corrected chi connectivity index (χ1v) is 7.77. The highest BCUT2D eigenvalue weighted by Gasteiger charge is 2.29. The summed E-state index contributed by atoms with van der Waals surface area (Å²) in [5.41, 5.74) is 0. The molecule has 0 aliphatic carbocycles. The van der Waals surface area contributed by atoms with Crippen LogP contribution in [0.3, 0.4) is 0 Å². The molecule has 1 atom stereocenters. The van der Waals surface area contributed by atoms with Gasteiger partial charge in [0.2, 0.25) is 5.91 Å². The number of halogens is 4. The molecule has 0 spiro atoms. The molecule has 11 heteroatoms. The maximum absolute atomic E-state index is 12.8. The molecular formula is C14H23Cl2F2N5O2. The molecule has 1 amide bonds. The predicted octanol–water partition coefficient (Wildman–Crippen LogP) is 0.754. The number of nitrogens with zero attached hydrogens (tertiary/aromatic N) is 4. The molecule has 1 aromatic rings. The zero-order valence-electron chi connectivity index (χ0n) is 13.6. The molecule has 0 bridgehead atoms. The van der Waals surface area contributed by atoms with Gasteiger partial charge in [0, 0.05) is 45.1 Å². The van der Waals surface area contributed by atoms with Gasteiger partial charge in [-0.25, -0.2) is 4.98 Å². The molecule has 0 radical (unpaired) electrons. The highest BCUT2D eigenvalue weighted by molar-refractivity contribution is 5.85. The average molecular weight is 402 g/mol. The molecule has 2 aliphatic heterocycles. The molecule has 2 fully saturated rings. The molecule has 0 saturated carbocycles. The Balaban J connectivity index is 0.00000156. The van der Waals surface area contributed by atoms with Gasteiger partial charge in [0.1, 0.15) is 11.9 Å². The second kappa shape index (κ2) is 10.2. The van der Waals surface area contributed by atoms with E-state index in [1.807, 2.05) is 9.80 Å². The number of hydrogen-bond donors (Lipinski definition) is 1. The molecule has 0 aromatic carbocycles. The number of morpholine rings is 1. The fraction of sp³-hybridized carbons (Fsp3) is 0.714. The third-order valence-corrected chi connectivity index (χ3v) is 4.23. The van der Waals surface area contributed by atoms with Gasteiger partial charge in [-0.15, -0.1) is 24.8 Å². The van der Waals surface area contributed by atoms with Crippen LogP contribution in [0.1, 0.15) is 12.4 Å². The van der Waals surface area contributed by atoms with Crippen molar-refractivity contribution in [1.29, 1.82) is 0 Å². The number of aromatic nitrogens is 2. The first kappa shape index (κ1) is 22.0. The van der Waals surface area contributed by atoms with E-state index in [1.165, 1.54) is 12.4 Å². The van der Waals surface area contributed by atoms with Crippen molar-refractivity contribution in [2.24, 2.45) is 0 Å². The van der Waals surface area contributed by atoms with E-state index in [9.17, 15) is 13.6 Å². The summed E-state index contributed by atoms with van der Waals surface area (Å²) < 4.78 is 31.8. The Morgan fingerprint density at radius 2 is 2.04 bits per heavy atom. The molecule has 3 rings (SSSR count). The molecule has 1 unspecified atom stereocenters. The van der Waals surface area contributed by atoms with Crippen molar-refractivity contribution >= 4 is 30.7 Å². The SMILES string of the molecule is Cl.Cl.O=C(C1COCCN1)N1CCN(Cc2nccn2C(F)F)CC1. The van der Waals surface area contributed by atoms with Crippen molar-refractivity contribution in [3.8, 4) is 0 Å². The highest BCUT2D eigenvalue weighted by Crippen LogP contribution is 2.15. The minimum Gasteiger partial charge on any atom is -0.378 e. The number of ether oxygens (including phenoxy) is 1. The topological polar surface area (TPSA) is 62.6 Å². The standard InChI is InChI=1S/C14H21F2N5O2.2ClH/c15-14(16)21-3-1-18-12(21)9-19-4-6-20(7-5-19)13(22)11-10-23-8-2-17-11;;/h1,3,11,14,17H,2,4-10H2;2*1H. The summed E-state index contributed by atoms with van der Waals surface area (Å²) >= 11 is 0. The zero-order valence-corrected chi connectivity index (χ0v) is 15.3. The fourth-order valence-corrected chi connectivity index (χ4v) is 2.91. The van der Waals surface area contributed by atoms with Crippen LogP contribution < -0.4 is 5.32 Å². The Labute approximate surface area is 157 Å². The lowest BCUT2D eigenvalue weighted by molar-refractivity contribution is -0.138. The summed E-state index contributed by atoms with van der Waals surface area (Å²) in [4.78, 5) is 20.2. The van der Waals surface area contributed by atoms with Crippen molar-refractivity contribution < 1.29 is 18.3 Å². The van der Waals surface area contributed by atoms with Crippen molar-refractivity contribution in [2.45, 2.75) is 19.1 Å². The first-order valence-electron chi connectivity index (χ1n) is 7.77. The Morgan fingerprint density at radius 3 is 2.64 bits per heavy atom. The molecule has 2 aliphatic rings. The molecule has 7 nitrogen and oxygen atoms in total.